The Morgan fingerprint density at radius 1 is 0.853 bits per heavy atom. The van der Waals surface area contributed by atoms with Gasteiger partial charge in [-0.05, 0) is 62.9 Å². The number of fused-ring (bicyclic) bond motifs is 1. The molecule has 0 spiro atoms. The van der Waals surface area contributed by atoms with E-state index < -0.39 is 0 Å². The third kappa shape index (κ3) is 3.63. The fourth-order valence-electron chi connectivity index (χ4n) is 4.11. The second kappa shape index (κ2) is 7.80. The van der Waals surface area contributed by atoms with Crippen molar-refractivity contribution in [1.82, 2.24) is 29.7 Å². The molecule has 1 fully saturated rings. The first-order valence-corrected chi connectivity index (χ1v) is 11.4. The van der Waals surface area contributed by atoms with Gasteiger partial charge in [-0.2, -0.15) is 5.10 Å². The summed E-state index contributed by atoms with van der Waals surface area (Å²) in [6, 6.07) is 13.7. The van der Waals surface area contributed by atoms with Crippen LogP contribution in [-0.4, -0.2) is 29.7 Å². The van der Waals surface area contributed by atoms with E-state index in [9.17, 15) is 0 Å². The summed E-state index contributed by atoms with van der Waals surface area (Å²) in [5.74, 6) is 0.142. The molecular weight excluding hydrogens is 427 g/mol. The van der Waals surface area contributed by atoms with Gasteiger partial charge in [-0.15, -0.1) is 0 Å². The average Bonchev–Trinajstić information content (AvgIpc) is 3.56. The zero-order valence-electron chi connectivity index (χ0n) is 19.2. The first kappa shape index (κ1) is 20.6. The van der Waals surface area contributed by atoms with Gasteiger partial charge >= 0.3 is 0 Å². The number of aryl methyl sites for hydroxylation is 3. The van der Waals surface area contributed by atoms with E-state index in [0.717, 1.165) is 33.6 Å². The van der Waals surface area contributed by atoms with Crippen LogP contribution >= 0.6 is 0 Å². The van der Waals surface area contributed by atoms with E-state index in [-0.39, 0.29) is 5.82 Å². The molecule has 2 aromatic carbocycles. The lowest BCUT2D eigenvalue weighted by atomic mass is 10.0. The van der Waals surface area contributed by atoms with Crippen LogP contribution < -0.4 is 0 Å². The third-order valence-corrected chi connectivity index (χ3v) is 6.30. The van der Waals surface area contributed by atoms with Gasteiger partial charge < -0.3 is 0 Å². The van der Waals surface area contributed by atoms with Gasteiger partial charge in [0, 0.05) is 22.9 Å². The molecular formula is C27H23FN6. The van der Waals surface area contributed by atoms with Crippen molar-refractivity contribution in [3.63, 3.8) is 0 Å². The number of rotatable bonds is 4. The predicted octanol–water partition coefficient (Wildman–Crippen LogP) is 6.02. The summed E-state index contributed by atoms with van der Waals surface area (Å²) in [7, 11) is 0. The minimum atomic E-state index is -0.341. The molecule has 0 aliphatic heterocycles. The summed E-state index contributed by atoms with van der Waals surface area (Å²) in [6.45, 7) is 5.64. The van der Waals surface area contributed by atoms with Crippen LogP contribution in [0.15, 0.2) is 54.9 Å². The molecule has 5 aromatic rings. The second-order valence-corrected chi connectivity index (χ2v) is 8.97. The third-order valence-electron chi connectivity index (χ3n) is 6.30. The van der Waals surface area contributed by atoms with Crippen molar-refractivity contribution in [3.8, 4) is 33.8 Å². The Hall–Kier alpha value is -4.00. The van der Waals surface area contributed by atoms with Gasteiger partial charge in [0.05, 0.1) is 23.6 Å². The summed E-state index contributed by atoms with van der Waals surface area (Å²) in [4.78, 5) is 18.9. The van der Waals surface area contributed by atoms with Crippen LogP contribution in [0.1, 0.15) is 35.8 Å². The maximum Gasteiger partial charge on any atom is 0.182 e. The SMILES string of the molecule is Cc1ccc(-c2nc(-c3cccc(-c4cnn(C5CC5)c4)c3)nc3nc(C)c(C)nc23)c(F)c1. The van der Waals surface area contributed by atoms with Crippen molar-refractivity contribution in [1.29, 1.82) is 0 Å². The van der Waals surface area contributed by atoms with E-state index in [0.29, 0.717) is 34.3 Å². The number of halogens is 1. The highest BCUT2D eigenvalue weighted by Crippen LogP contribution is 2.36. The normalized spacial score (nSPS) is 13.5. The molecule has 0 saturated heterocycles. The van der Waals surface area contributed by atoms with Gasteiger partial charge in [0.1, 0.15) is 17.0 Å². The lowest BCUT2D eigenvalue weighted by Gasteiger charge is -2.11. The molecule has 34 heavy (non-hydrogen) atoms. The molecule has 0 unspecified atom stereocenters. The Morgan fingerprint density at radius 3 is 2.44 bits per heavy atom. The fourth-order valence-corrected chi connectivity index (χ4v) is 4.11. The largest absolute Gasteiger partial charge is 0.269 e. The summed E-state index contributed by atoms with van der Waals surface area (Å²) < 4.78 is 17.1. The number of benzene rings is 2. The summed E-state index contributed by atoms with van der Waals surface area (Å²) in [5.41, 5.74) is 7.09. The van der Waals surface area contributed by atoms with E-state index in [1.165, 1.54) is 18.9 Å². The van der Waals surface area contributed by atoms with Gasteiger partial charge in [0.25, 0.3) is 0 Å². The fraction of sp³-hybridized carbons (Fsp3) is 0.222. The van der Waals surface area contributed by atoms with Crippen molar-refractivity contribution in [3.05, 3.63) is 77.6 Å². The van der Waals surface area contributed by atoms with Crippen LogP contribution in [0.4, 0.5) is 4.39 Å². The molecule has 3 heterocycles. The van der Waals surface area contributed by atoms with Crippen molar-refractivity contribution in [2.75, 3.05) is 0 Å². The lowest BCUT2D eigenvalue weighted by molar-refractivity contribution is 0.629. The van der Waals surface area contributed by atoms with Crippen LogP contribution in [0.2, 0.25) is 0 Å². The summed E-state index contributed by atoms with van der Waals surface area (Å²) in [6.07, 6.45) is 6.35. The molecule has 6 nitrogen and oxygen atoms in total. The van der Waals surface area contributed by atoms with E-state index in [2.05, 4.69) is 21.3 Å². The summed E-state index contributed by atoms with van der Waals surface area (Å²) in [5, 5.41) is 4.51. The zero-order chi connectivity index (χ0) is 23.4. The van der Waals surface area contributed by atoms with Crippen LogP contribution in [0, 0.1) is 26.6 Å². The monoisotopic (exact) mass is 450 g/mol. The first-order chi connectivity index (χ1) is 16.5. The number of hydrogen-bond donors (Lipinski definition) is 0. The summed E-state index contributed by atoms with van der Waals surface area (Å²) >= 11 is 0. The highest BCUT2D eigenvalue weighted by Gasteiger charge is 2.24. The van der Waals surface area contributed by atoms with Crippen LogP contribution in [0.5, 0.6) is 0 Å². The number of aromatic nitrogens is 6. The zero-order valence-corrected chi connectivity index (χ0v) is 19.2. The van der Waals surface area contributed by atoms with Crippen molar-refractivity contribution in [2.24, 2.45) is 0 Å². The van der Waals surface area contributed by atoms with E-state index in [1.54, 1.807) is 6.07 Å². The van der Waals surface area contributed by atoms with Gasteiger partial charge in [-0.3, -0.25) is 4.68 Å². The predicted molar refractivity (Wildman–Crippen MR) is 130 cm³/mol. The Labute approximate surface area is 196 Å². The maximum absolute atomic E-state index is 15.0. The molecule has 3 aromatic heterocycles. The molecule has 168 valence electrons. The quantitative estimate of drug-likeness (QED) is 0.335. The lowest BCUT2D eigenvalue weighted by Crippen LogP contribution is -2.03. The Balaban J connectivity index is 1.53. The van der Waals surface area contributed by atoms with Gasteiger partial charge in [-0.25, -0.2) is 24.3 Å². The standard InChI is InChI=1S/C27H23FN6/c1-15-7-10-22(23(28)11-15)24-25-27(31-17(3)16(2)30-25)33-26(32-24)19-6-4-5-18(12-19)20-13-29-34(14-20)21-8-9-21/h4-7,10-14,21H,8-9H2,1-3H3. The molecule has 0 radical (unpaired) electrons. The van der Waals surface area contributed by atoms with E-state index in [1.807, 2.05) is 62.0 Å². The van der Waals surface area contributed by atoms with Gasteiger partial charge in [0.15, 0.2) is 11.5 Å². The first-order valence-electron chi connectivity index (χ1n) is 11.4. The maximum atomic E-state index is 15.0. The van der Waals surface area contributed by atoms with E-state index in [4.69, 9.17) is 9.97 Å². The Bertz CT molecular complexity index is 1570. The average molecular weight is 451 g/mol. The molecule has 6 rings (SSSR count). The molecule has 1 aliphatic rings. The topological polar surface area (TPSA) is 69.4 Å². The van der Waals surface area contributed by atoms with Gasteiger partial charge in [-0.1, -0.05) is 24.3 Å². The smallest absolute Gasteiger partial charge is 0.182 e. The molecule has 0 amide bonds. The van der Waals surface area contributed by atoms with Crippen molar-refractivity contribution >= 4 is 11.2 Å². The molecule has 7 heteroatoms. The number of hydrogen-bond acceptors (Lipinski definition) is 5. The minimum Gasteiger partial charge on any atom is -0.269 e. The van der Waals surface area contributed by atoms with Crippen LogP contribution in [-0.2, 0) is 0 Å². The number of nitrogens with zero attached hydrogens (tertiary/aromatic N) is 6. The molecule has 1 saturated carbocycles. The van der Waals surface area contributed by atoms with E-state index >= 15 is 4.39 Å². The molecule has 1 aliphatic carbocycles. The Kier molecular flexibility index (Phi) is 4.72. The molecule has 0 bridgehead atoms. The second-order valence-electron chi connectivity index (χ2n) is 8.97. The van der Waals surface area contributed by atoms with Crippen LogP contribution in [0.25, 0.3) is 44.9 Å². The highest BCUT2D eigenvalue weighted by molar-refractivity contribution is 5.89. The Morgan fingerprint density at radius 2 is 1.65 bits per heavy atom. The van der Waals surface area contributed by atoms with Gasteiger partial charge in [0.2, 0.25) is 0 Å². The minimum absolute atomic E-state index is 0.341. The molecule has 0 atom stereocenters. The highest BCUT2D eigenvalue weighted by atomic mass is 19.1. The van der Waals surface area contributed by atoms with Crippen LogP contribution in [0.3, 0.4) is 0 Å². The van der Waals surface area contributed by atoms with Crippen molar-refractivity contribution < 1.29 is 4.39 Å². The van der Waals surface area contributed by atoms with Crippen molar-refractivity contribution in [2.45, 2.75) is 39.7 Å². The molecule has 0 N–H and O–H groups in total.